The van der Waals surface area contributed by atoms with Crippen molar-refractivity contribution in [2.45, 2.75) is 20.8 Å². The number of benzene rings is 2. The van der Waals surface area contributed by atoms with E-state index in [9.17, 15) is 9.59 Å². The van der Waals surface area contributed by atoms with Gasteiger partial charge in [0.05, 0.1) is 0 Å². The van der Waals surface area contributed by atoms with E-state index in [1.54, 1.807) is 24.3 Å². The number of rotatable bonds is 5. The molecule has 1 fully saturated rings. The number of nitrogens with zero attached hydrogens (tertiary/aromatic N) is 2. The summed E-state index contributed by atoms with van der Waals surface area (Å²) in [7, 11) is 0. The van der Waals surface area contributed by atoms with Crippen molar-refractivity contribution in [1.29, 1.82) is 0 Å². The Hall–Kier alpha value is -2.86. The van der Waals surface area contributed by atoms with Gasteiger partial charge in [-0.05, 0) is 55.4 Å². The van der Waals surface area contributed by atoms with Crippen LogP contribution in [-0.2, 0) is 4.79 Å². The molecule has 2 N–H and O–H groups in total. The highest BCUT2D eigenvalue weighted by atomic mass is 16.2. The van der Waals surface area contributed by atoms with E-state index in [0.717, 1.165) is 44.0 Å². The van der Waals surface area contributed by atoms with Gasteiger partial charge < -0.3 is 20.4 Å². The topological polar surface area (TPSA) is 64.7 Å². The van der Waals surface area contributed by atoms with Gasteiger partial charge in [0.15, 0.2) is 0 Å². The molecule has 1 heterocycles. The normalized spacial score (nSPS) is 14.6. The second-order valence-electron chi connectivity index (χ2n) is 7.14. The molecular weight excluding hydrogens is 352 g/mol. The molecule has 0 radical (unpaired) electrons. The van der Waals surface area contributed by atoms with Crippen LogP contribution in [0, 0.1) is 6.92 Å². The Bertz CT molecular complexity index is 857. The van der Waals surface area contributed by atoms with Gasteiger partial charge in [-0.25, -0.2) is 0 Å². The number of aryl methyl sites for hydroxylation is 1. The van der Waals surface area contributed by atoms with Crippen LogP contribution in [0.2, 0.25) is 0 Å². The molecule has 1 saturated heterocycles. The zero-order chi connectivity index (χ0) is 20.1. The molecule has 0 bridgehead atoms. The molecule has 1 aliphatic rings. The Labute approximate surface area is 166 Å². The zero-order valence-corrected chi connectivity index (χ0v) is 16.8. The van der Waals surface area contributed by atoms with Crippen molar-refractivity contribution >= 4 is 28.9 Å². The van der Waals surface area contributed by atoms with Gasteiger partial charge >= 0.3 is 0 Å². The lowest BCUT2D eigenvalue weighted by molar-refractivity contribution is -0.114. The fourth-order valence-corrected chi connectivity index (χ4v) is 3.44. The molecule has 0 unspecified atom stereocenters. The van der Waals surface area contributed by atoms with E-state index in [2.05, 4.69) is 39.5 Å². The van der Waals surface area contributed by atoms with E-state index < -0.39 is 0 Å². The third kappa shape index (κ3) is 4.89. The number of piperazine rings is 1. The molecule has 0 saturated carbocycles. The van der Waals surface area contributed by atoms with Crippen molar-refractivity contribution in [2.24, 2.45) is 0 Å². The number of hydrogen-bond donors (Lipinski definition) is 2. The molecule has 0 spiro atoms. The highest BCUT2D eigenvalue weighted by molar-refractivity contribution is 6.05. The maximum Gasteiger partial charge on any atom is 0.255 e. The minimum Gasteiger partial charge on any atom is -0.369 e. The molecule has 2 amide bonds. The maximum absolute atomic E-state index is 12.6. The molecule has 0 aromatic heterocycles. The Morgan fingerprint density at radius 3 is 2.39 bits per heavy atom. The van der Waals surface area contributed by atoms with Gasteiger partial charge in [-0.1, -0.05) is 13.0 Å². The maximum atomic E-state index is 12.6. The molecule has 3 rings (SSSR count). The second-order valence-corrected chi connectivity index (χ2v) is 7.14. The van der Waals surface area contributed by atoms with Crippen LogP contribution in [-0.4, -0.2) is 49.4 Å². The Morgan fingerprint density at radius 1 is 1.00 bits per heavy atom. The summed E-state index contributed by atoms with van der Waals surface area (Å²) in [6.07, 6.45) is 0. The molecule has 28 heavy (non-hydrogen) atoms. The summed E-state index contributed by atoms with van der Waals surface area (Å²) in [5, 5.41) is 5.67. The van der Waals surface area contributed by atoms with E-state index in [1.807, 2.05) is 13.0 Å². The molecule has 0 aliphatic carbocycles. The Morgan fingerprint density at radius 2 is 1.75 bits per heavy atom. The first-order valence-corrected chi connectivity index (χ1v) is 9.73. The van der Waals surface area contributed by atoms with Crippen LogP contribution < -0.4 is 15.5 Å². The van der Waals surface area contributed by atoms with Gasteiger partial charge in [0.1, 0.15) is 0 Å². The lowest BCUT2D eigenvalue weighted by Crippen LogP contribution is -2.46. The summed E-state index contributed by atoms with van der Waals surface area (Å²) < 4.78 is 0. The number of carbonyl (C=O) groups is 2. The van der Waals surface area contributed by atoms with Crippen LogP contribution in [0.3, 0.4) is 0 Å². The van der Waals surface area contributed by atoms with Gasteiger partial charge in [-0.3, -0.25) is 9.59 Å². The van der Waals surface area contributed by atoms with E-state index in [0.29, 0.717) is 11.3 Å². The Balaban J connectivity index is 1.68. The van der Waals surface area contributed by atoms with Crippen LogP contribution in [0.1, 0.15) is 29.8 Å². The third-order valence-electron chi connectivity index (χ3n) is 5.09. The summed E-state index contributed by atoms with van der Waals surface area (Å²) in [4.78, 5) is 28.7. The van der Waals surface area contributed by atoms with Crippen LogP contribution >= 0.6 is 0 Å². The fraction of sp³-hybridized carbons (Fsp3) is 0.364. The van der Waals surface area contributed by atoms with Crippen LogP contribution in [0.25, 0.3) is 0 Å². The summed E-state index contributed by atoms with van der Waals surface area (Å²) in [5.41, 5.74) is 4.13. The fourth-order valence-electron chi connectivity index (χ4n) is 3.44. The zero-order valence-electron chi connectivity index (χ0n) is 16.8. The van der Waals surface area contributed by atoms with Crippen molar-refractivity contribution < 1.29 is 9.59 Å². The van der Waals surface area contributed by atoms with Crippen molar-refractivity contribution in [3.63, 3.8) is 0 Å². The first kappa shape index (κ1) is 19.9. The summed E-state index contributed by atoms with van der Waals surface area (Å²) in [6, 6.07) is 13.1. The average Bonchev–Trinajstić information content (AvgIpc) is 2.69. The van der Waals surface area contributed by atoms with Gasteiger partial charge in [0.25, 0.3) is 5.91 Å². The Kier molecular flexibility index (Phi) is 6.31. The smallest absolute Gasteiger partial charge is 0.255 e. The second kappa shape index (κ2) is 8.89. The SMILES string of the molecule is CCN1CCN(c2ccc(NC(=O)c3cccc(NC(C)=O)c3)c(C)c2)CC1. The molecule has 6 nitrogen and oxygen atoms in total. The molecule has 2 aromatic carbocycles. The van der Waals surface area contributed by atoms with Crippen LogP contribution in [0.15, 0.2) is 42.5 Å². The predicted molar refractivity (Wildman–Crippen MR) is 114 cm³/mol. The lowest BCUT2D eigenvalue weighted by Gasteiger charge is -2.35. The molecule has 6 heteroatoms. The number of amides is 2. The largest absolute Gasteiger partial charge is 0.369 e. The molecule has 1 aliphatic heterocycles. The quantitative estimate of drug-likeness (QED) is 0.835. The summed E-state index contributed by atoms with van der Waals surface area (Å²) in [6.45, 7) is 11.0. The van der Waals surface area contributed by atoms with Gasteiger partial charge in [-0.2, -0.15) is 0 Å². The predicted octanol–water partition coefficient (Wildman–Crippen LogP) is 3.35. The first-order chi connectivity index (χ1) is 13.5. The van der Waals surface area contributed by atoms with Crippen molar-refractivity contribution in [2.75, 3.05) is 48.3 Å². The van der Waals surface area contributed by atoms with E-state index in [1.165, 1.54) is 12.6 Å². The van der Waals surface area contributed by atoms with E-state index >= 15 is 0 Å². The van der Waals surface area contributed by atoms with Crippen molar-refractivity contribution in [1.82, 2.24) is 4.90 Å². The molecule has 148 valence electrons. The lowest BCUT2D eigenvalue weighted by atomic mass is 10.1. The molecule has 0 atom stereocenters. The van der Waals surface area contributed by atoms with Crippen LogP contribution in [0.5, 0.6) is 0 Å². The molecule has 2 aromatic rings. The number of anilines is 3. The average molecular weight is 380 g/mol. The van der Waals surface area contributed by atoms with Crippen molar-refractivity contribution in [3.05, 3.63) is 53.6 Å². The minimum absolute atomic E-state index is 0.163. The van der Waals surface area contributed by atoms with Gasteiger partial charge in [-0.15, -0.1) is 0 Å². The third-order valence-corrected chi connectivity index (χ3v) is 5.09. The van der Waals surface area contributed by atoms with Gasteiger partial charge in [0.2, 0.25) is 5.91 Å². The minimum atomic E-state index is -0.195. The summed E-state index contributed by atoms with van der Waals surface area (Å²) >= 11 is 0. The molecular formula is C22H28N4O2. The highest BCUT2D eigenvalue weighted by Crippen LogP contribution is 2.24. The number of carbonyl (C=O) groups excluding carboxylic acids is 2. The van der Waals surface area contributed by atoms with E-state index in [-0.39, 0.29) is 11.8 Å². The standard InChI is InChI=1S/C22H28N4O2/c1-4-25-10-12-26(13-11-25)20-8-9-21(16(2)14-20)24-22(28)18-6-5-7-19(15-18)23-17(3)27/h5-9,14-15H,4,10-13H2,1-3H3,(H,23,27)(H,24,28). The van der Waals surface area contributed by atoms with Crippen LogP contribution in [0.4, 0.5) is 17.1 Å². The number of nitrogens with one attached hydrogen (secondary N) is 2. The van der Waals surface area contributed by atoms with Crippen molar-refractivity contribution in [3.8, 4) is 0 Å². The van der Waals surface area contributed by atoms with Gasteiger partial charge in [0, 0.05) is 55.7 Å². The highest BCUT2D eigenvalue weighted by Gasteiger charge is 2.17. The summed E-state index contributed by atoms with van der Waals surface area (Å²) in [5.74, 6) is -0.358. The number of hydrogen-bond acceptors (Lipinski definition) is 4. The van der Waals surface area contributed by atoms with E-state index in [4.69, 9.17) is 0 Å². The first-order valence-electron chi connectivity index (χ1n) is 9.73. The monoisotopic (exact) mass is 380 g/mol. The number of likely N-dealkylation sites (N-methyl/N-ethyl adjacent to an activating group) is 1.